The lowest BCUT2D eigenvalue weighted by atomic mass is 9.99. The molecule has 30 heavy (non-hydrogen) atoms. The maximum absolute atomic E-state index is 13.8. The average molecular weight is 431 g/mol. The molecule has 1 fully saturated rings. The van der Waals surface area contributed by atoms with Crippen molar-refractivity contribution >= 4 is 26.9 Å². The molecule has 2 aliphatic rings. The first kappa shape index (κ1) is 20.7. The number of hydrogen-bond acceptors (Lipinski definition) is 6. The second-order valence-electron chi connectivity index (χ2n) is 7.67. The van der Waals surface area contributed by atoms with Crippen LogP contribution in [0.3, 0.4) is 0 Å². The van der Waals surface area contributed by atoms with E-state index in [0.717, 1.165) is 18.8 Å². The summed E-state index contributed by atoms with van der Waals surface area (Å²) in [5.74, 6) is -0.527. The fraction of sp³-hybridized carbons (Fsp3) is 0.409. The SMILES string of the molecule is CCOC(=O)c1cn(S(=O)(=O)C2(C)C=C(N3CCOCC3)C=CC2)c2ccccc12. The lowest BCUT2D eigenvalue weighted by Gasteiger charge is -2.35. The largest absolute Gasteiger partial charge is 0.462 e. The summed E-state index contributed by atoms with van der Waals surface area (Å²) >= 11 is 0. The van der Waals surface area contributed by atoms with Crippen LogP contribution in [0.15, 0.2) is 54.4 Å². The zero-order chi connectivity index (χ0) is 21.4. The van der Waals surface area contributed by atoms with Gasteiger partial charge in [-0.15, -0.1) is 0 Å². The highest BCUT2D eigenvalue weighted by atomic mass is 32.2. The Hall–Kier alpha value is -2.58. The number of carbonyl (C=O) groups excluding carboxylic acids is 1. The standard InChI is InChI=1S/C22H26N2O5S/c1-3-29-21(25)19-16-24(20-9-5-4-8-18(19)20)30(26,27)22(2)10-6-7-17(15-22)23-11-13-28-14-12-23/h4-9,15-16H,3,10-14H2,1-2H3. The summed E-state index contributed by atoms with van der Waals surface area (Å²) in [6.45, 7) is 6.38. The molecule has 0 amide bonds. The van der Waals surface area contributed by atoms with Crippen LogP contribution < -0.4 is 0 Å². The van der Waals surface area contributed by atoms with Gasteiger partial charge >= 0.3 is 5.97 Å². The fourth-order valence-electron chi connectivity index (χ4n) is 3.98. The van der Waals surface area contributed by atoms with Gasteiger partial charge in [0, 0.05) is 30.4 Å². The highest BCUT2D eigenvalue weighted by molar-refractivity contribution is 7.91. The number of ether oxygens (including phenoxy) is 2. The molecular weight excluding hydrogens is 404 g/mol. The minimum atomic E-state index is -3.86. The molecule has 160 valence electrons. The summed E-state index contributed by atoms with van der Waals surface area (Å²) in [5, 5.41) is 0.562. The second kappa shape index (κ2) is 7.92. The molecule has 1 saturated heterocycles. The lowest BCUT2D eigenvalue weighted by molar-refractivity contribution is 0.0528. The Morgan fingerprint density at radius 2 is 1.97 bits per heavy atom. The van der Waals surface area contributed by atoms with Crippen LogP contribution in [0.5, 0.6) is 0 Å². The van der Waals surface area contributed by atoms with Crippen LogP contribution in [-0.4, -0.2) is 60.9 Å². The van der Waals surface area contributed by atoms with Gasteiger partial charge in [-0.3, -0.25) is 0 Å². The molecule has 4 rings (SSSR count). The molecule has 1 aromatic carbocycles. The number of carbonyl (C=O) groups is 1. The molecule has 1 aromatic heterocycles. The fourth-order valence-corrected chi connectivity index (χ4v) is 5.66. The van der Waals surface area contributed by atoms with Crippen molar-refractivity contribution < 1.29 is 22.7 Å². The minimum Gasteiger partial charge on any atom is -0.462 e. The molecule has 0 radical (unpaired) electrons. The number of nitrogens with zero attached hydrogens (tertiary/aromatic N) is 2. The molecule has 7 nitrogen and oxygen atoms in total. The summed E-state index contributed by atoms with van der Waals surface area (Å²) in [7, 11) is -3.86. The van der Waals surface area contributed by atoms with Crippen LogP contribution >= 0.6 is 0 Å². The Bertz CT molecular complexity index is 1130. The van der Waals surface area contributed by atoms with Gasteiger partial charge in [0.05, 0.1) is 30.9 Å². The van der Waals surface area contributed by atoms with E-state index >= 15 is 0 Å². The van der Waals surface area contributed by atoms with Crippen LogP contribution in [0.25, 0.3) is 10.9 Å². The number of aromatic nitrogens is 1. The summed E-state index contributed by atoms with van der Waals surface area (Å²) in [6, 6.07) is 7.00. The van der Waals surface area contributed by atoms with Gasteiger partial charge < -0.3 is 14.4 Å². The summed E-state index contributed by atoms with van der Waals surface area (Å²) in [6.07, 6.45) is 7.45. The van der Waals surface area contributed by atoms with Crippen LogP contribution in [0.1, 0.15) is 30.6 Å². The van der Waals surface area contributed by atoms with E-state index in [2.05, 4.69) is 4.90 Å². The molecular formula is C22H26N2O5S. The molecule has 0 saturated carbocycles. The normalized spacial score (nSPS) is 22.2. The summed E-state index contributed by atoms with van der Waals surface area (Å²) < 4.78 is 38.3. The Kier molecular flexibility index (Phi) is 5.46. The van der Waals surface area contributed by atoms with Crippen molar-refractivity contribution in [3.63, 3.8) is 0 Å². The highest BCUT2D eigenvalue weighted by Crippen LogP contribution is 2.35. The topological polar surface area (TPSA) is 77.8 Å². The lowest BCUT2D eigenvalue weighted by Crippen LogP contribution is -2.42. The maximum atomic E-state index is 13.8. The number of morpholine rings is 1. The third kappa shape index (κ3) is 3.44. The smallest absolute Gasteiger partial charge is 0.340 e. The Balaban J connectivity index is 1.80. The number of hydrogen-bond donors (Lipinski definition) is 0. The van der Waals surface area contributed by atoms with E-state index < -0.39 is 20.7 Å². The van der Waals surface area contributed by atoms with Crippen LogP contribution in [0.2, 0.25) is 0 Å². The molecule has 1 aliphatic heterocycles. The van der Waals surface area contributed by atoms with Gasteiger partial charge in [-0.1, -0.05) is 24.3 Å². The first-order valence-corrected chi connectivity index (χ1v) is 11.6. The van der Waals surface area contributed by atoms with Gasteiger partial charge in [-0.05, 0) is 38.5 Å². The molecule has 0 spiro atoms. The second-order valence-corrected chi connectivity index (χ2v) is 9.95. The van der Waals surface area contributed by atoms with E-state index in [-0.39, 0.29) is 12.2 Å². The van der Waals surface area contributed by atoms with Crippen LogP contribution in [-0.2, 0) is 19.5 Å². The van der Waals surface area contributed by atoms with Gasteiger partial charge in [-0.25, -0.2) is 17.2 Å². The molecule has 2 aromatic rings. The number of allylic oxidation sites excluding steroid dienone is 2. The zero-order valence-corrected chi connectivity index (χ0v) is 18.0. The van der Waals surface area contributed by atoms with Gasteiger partial charge in [-0.2, -0.15) is 0 Å². The number of esters is 1. The van der Waals surface area contributed by atoms with Gasteiger partial charge in [0.15, 0.2) is 0 Å². The monoisotopic (exact) mass is 430 g/mol. The van der Waals surface area contributed by atoms with Gasteiger partial charge in [0.1, 0.15) is 4.75 Å². The molecule has 8 heteroatoms. The highest BCUT2D eigenvalue weighted by Gasteiger charge is 2.41. The van der Waals surface area contributed by atoms with Crippen molar-refractivity contribution in [2.75, 3.05) is 32.9 Å². The number of fused-ring (bicyclic) bond motifs is 1. The molecule has 0 bridgehead atoms. The minimum absolute atomic E-state index is 0.221. The number of para-hydroxylation sites is 1. The average Bonchev–Trinajstić information content (AvgIpc) is 3.15. The summed E-state index contributed by atoms with van der Waals surface area (Å²) in [5.41, 5.74) is 1.61. The van der Waals surface area contributed by atoms with E-state index in [1.165, 1.54) is 10.2 Å². The predicted molar refractivity (Wildman–Crippen MR) is 115 cm³/mol. The van der Waals surface area contributed by atoms with Gasteiger partial charge in [0.2, 0.25) is 10.0 Å². The first-order chi connectivity index (χ1) is 14.4. The van der Waals surface area contributed by atoms with Crippen molar-refractivity contribution in [3.8, 4) is 0 Å². The number of benzene rings is 1. The van der Waals surface area contributed by atoms with E-state index in [4.69, 9.17) is 9.47 Å². The third-order valence-electron chi connectivity index (χ3n) is 5.66. The third-order valence-corrected chi connectivity index (χ3v) is 7.95. The summed E-state index contributed by atoms with van der Waals surface area (Å²) in [4.78, 5) is 14.6. The zero-order valence-electron chi connectivity index (χ0n) is 17.2. The number of rotatable bonds is 5. The molecule has 2 heterocycles. The van der Waals surface area contributed by atoms with Crippen molar-refractivity contribution in [1.29, 1.82) is 0 Å². The van der Waals surface area contributed by atoms with E-state index in [9.17, 15) is 13.2 Å². The molecule has 1 aliphatic carbocycles. The maximum Gasteiger partial charge on any atom is 0.340 e. The molecule has 1 unspecified atom stereocenters. The Morgan fingerprint density at radius 3 is 2.70 bits per heavy atom. The van der Waals surface area contributed by atoms with Crippen molar-refractivity contribution in [2.24, 2.45) is 0 Å². The first-order valence-electron chi connectivity index (χ1n) is 10.1. The Labute approximate surface area is 176 Å². The van der Waals surface area contributed by atoms with E-state index in [1.807, 2.05) is 18.2 Å². The van der Waals surface area contributed by atoms with Crippen molar-refractivity contribution in [2.45, 2.75) is 25.0 Å². The predicted octanol–water partition coefficient (Wildman–Crippen LogP) is 2.93. The van der Waals surface area contributed by atoms with Gasteiger partial charge in [0.25, 0.3) is 0 Å². The van der Waals surface area contributed by atoms with Crippen molar-refractivity contribution in [1.82, 2.24) is 8.87 Å². The quantitative estimate of drug-likeness (QED) is 0.679. The van der Waals surface area contributed by atoms with E-state index in [0.29, 0.717) is 30.5 Å². The molecule has 0 N–H and O–H groups in total. The van der Waals surface area contributed by atoms with E-state index in [1.54, 1.807) is 38.1 Å². The van der Waals surface area contributed by atoms with Crippen LogP contribution in [0.4, 0.5) is 0 Å². The van der Waals surface area contributed by atoms with Crippen molar-refractivity contribution in [3.05, 3.63) is 60.0 Å². The molecule has 1 atom stereocenters. The Morgan fingerprint density at radius 1 is 1.23 bits per heavy atom. The van der Waals surface area contributed by atoms with Crippen LogP contribution in [0, 0.1) is 0 Å².